The zero-order chi connectivity index (χ0) is 15.6. The first-order valence-corrected chi connectivity index (χ1v) is 10.2. The lowest BCUT2D eigenvalue weighted by Crippen LogP contribution is -2.32. The molecule has 1 aliphatic carbocycles. The SMILES string of the molecule is CC1(C)CCC(c2ccc(NC3CC[S+]([O-])CC3)cc2)CC1. The van der Waals surface area contributed by atoms with Crippen LogP contribution in [0.25, 0.3) is 0 Å². The molecule has 1 aliphatic heterocycles. The first-order valence-electron chi connectivity index (χ1n) is 8.73. The fourth-order valence-electron chi connectivity index (χ4n) is 3.76. The summed E-state index contributed by atoms with van der Waals surface area (Å²) in [6.07, 6.45) is 7.41. The third kappa shape index (κ3) is 4.20. The lowest BCUT2D eigenvalue weighted by Gasteiger charge is -2.34. The zero-order valence-electron chi connectivity index (χ0n) is 13.9. The van der Waals surface area contributed by atoms with Crippen LogP contribution in [0.5, 0.6) is 0 Å². The molecule has 122 valence electrons. The van der Waals surface area contributed by atoms with E-state index in [2.05, 4.69) is 43.4 Å². The summed E-state index contributed by atoms with van der Waals surface area (Å²) >= 11 is -0.572. The minimum absolute atomic E-state index is 0.499. The van der Waals surface area contributed by atoms with E-state index in [1.165, 1.54) is 36.9 Å². The Kier molecular flexibility index (Phi) is 5.03. The molecule has 22 heavy (non-hydrogen) atoms. The molecule has 0 bridgehead atoms. The highest BCUT2D eigenvalue weighted by Gasteiger charge is 2.27. The highest BCUT2D eigenvalue weighted by molar-refractivity contribution is 7.91. The molecule has 2 aliphatic rings. The van der Waals surface area contributed by atoms with Crippen LogP contribution in [0.4, 0.5) is 5.69 Å². The standard InChI is InChI=1S/C19H29NOS/c1-19(2)11-7-16(8-12-19)15-3-5-17(6-4-15)20-18-9-13-22(21)14-10-18/h3-6,16,18,20H,7-14H2,1-2H3. The van der Waals surface area contributed by atoms with Crippen molar-refractivity contribution in [2.24, 2.45) is 5.41 Å². The number of rotatable bonds is 3. The third-order valence-corrected chi connectivity index (χ3v) is 6.86. The zero-order valence-corrected chi connectivity index (χ0v) is 14.8. The fraction of sp³-hybridized carbons (Fsp3) is 0.684. The third-order valence-electron chi connectivity index (χ3n) is 5.48. The molecule has 0 spiro atoms. The first kappa shape index (κ1) is 16.2. The van der Waals surface area contributed by atoms with Crippen molar-refractivity contribution in [1.29, 1.82) is 0 Å². The van der Waals surface area contributed by atoms with E-state index in [4.69, 9.17) is 0 Å². The Hall–Kier alpha value is -0.670. The molecule has 2 nitrogen and oxygen atoms in total. The summed E-state index contributed by atoms with van der Waals surface area (Å²) in [7, 11) is 0. The summed E-state index contributed by atoms with van der Waals surface area (Å²) in [4.78, 5) is 0. The van der Waals surface area contributed by atoms with Crippen LogP contribution in [0, 0.1) is 5.41 Å². The molecule has 0 atom stereocenters. The second-order valence-electron chi connectivity index (χ2n) is 7.83. The van der Waals surface area contributed by atoms with E-state index >= 15 is 0 Å². The van der Waals surface area contributed by atoms with Crippen LogP contribution < -0.4 is 5.32 Å². The molecule has 0 unspecified atom stereocenters. The number of anilines is 1. The van der Waals surface area contributed by atoms with Crippen molar-refractivity contribution in [3.63, 3.8) is 0 Å². The van der Waals surface area contributed by atoms with E-state index in [1.54, 1.807) is 0 Å². The average Bonchev–Trinajstić information content (AvgIpc) is 2.51. The van der Waals surface area contributed by atoms with Crippen LogP contribution in [0.1, 0.15) is 63.9 Å². The van der Waals surface area contributed by atoms with Crippen molar-refractivity contribution in [3.8, 4) is 0 Å². The number of benzene rings is 1. The number of hydrogen-bond donors (Lipinski definition) is 1. The van der Waals surface area contributed by atoms with Gasteiger partial charge in [0.2, 0.25) is 0 Å². The Bertz CT molecular complexity index is 467. The van der Waals surface area contributed by atoms with Crippen LogP contribution in [0.3, 0.4) is 0 Å². The Balaban J connectivity index is 1.54. The van der Waals surface area contributed by atoms with Crippen LogP contribution >= 0.6 is 0 Å². The molecule has 1 saturated carbocycles. The fourth-order valence-corrected chi connectivity index (χ4v) is 5.06. The summed E-state index contributed by atoms with van der Waals surface area (Å²) in [5.74, 6) is 2.46. The van der Waals surface area contributed by atoms with Gasteiger partial charge in [-0.2, -0.15) is 0 Å². The van der Waals surface area contributed by atoms with Gasteiger partial charge in [-0.15, -0.1) is 0 Å². The largest absolute Gasteiger partial charge is 0.616 e. The molecule has 3 heteroatoms. The minimum atomic E-state index is -0.572. The second kappa shape index (κ2) is 6.84. The van der Waals surface area contributed by atoms with Gasteiger partial charge in [-0.1, -0.05) is 37.2 Å². The average molecular weight is 320 g/mol. The van der Waals surface area contributed by atoms with Crippen LogP contribution in [-0.4, -0.2) is 22.1 Å². The molecule has 1 heterocycles. The van der Waals surface area contributed by atoms with E-state index in [1.807, 2.05) is 0 Å². The van der Waals surface area contributed by atoms with Crippen LogP contribution in [0.15, 0.2) is 24.3 Å². The lowest BCUT2D eigenvalue weighted by molar-refractivity contribution is 0.224. The maximum atomic E-state index is 11.4. The normalized spacial score (nSPS) is 29.2. The van der Waals surface area contributed by atoms with Gasteiger partial charge in [-0.3, -0.25) is 0 Å². The molecule has 1 N–H and O–H groups in total. The van der Waals surface area contributed by atoms with Crippen molar-refractivity contribution in [2.75, 3.05) is 16.8 Å². The van der Waals surface area contributed by atoms with Gasteiger partial charge in [0.1, 0.15) is 11.5 Å². The molecule has 1 aromatic rings. The predicted octanol–water partition coefficient (Wildman–Crippen LogP) is 4.69. The van der Waals surface area contributed by atoms with E-state index in [0.29, 0.717) is 11.5 Å². The molecule has 0 amide bonds. The highest BCUT2D eigenvalue weighted by atomic mass is 32.2. The van der Waals surface area contributed by atoms with Crippen molar-refractivity contribution in [3.05, 3.63) is 29.8 Å². The summed E-state index contributed by atoms with van der Waals surface area (Å²) in [5, 5.41) is 3.61. The van der Waals surface area contributed by atoms with E-state index in [9.17, 15) is 4.55 Å². The topological polar surface area (TPSA) is 35.1 Å². The van der Waals surface area contributed by atoms with Crippen molar-refractivity contribution in [1.82, 2.24) is 0 Å². The van der Waals surface area contributed by atoms with Gasteiger partial charge in [-0.05, 0) is 54.7 Å². The Morgan fingerprint density at radius 3 is 2.18 bits per heavy atom. The monoisotopic (exact) mass is 319 g/mol. The summed E-state index contributed by atoms with van der Waals surface area (Å²) in [6.45, 7) is 4.79. The van der Waals surface area contributed by atoms with E-state index < -0.39 is 11.2 Å². The van der Waals surface area contributed by atoms with E-state index in [-0.39, 0.29) is 0 Å². The Labute approximate surface area is 138 Å². The van der Waals surface area contributed by atoms with Gasteiger partial charge in [0.25, 0.3) is 0 Å². The predicted molar refractivity (Wildman–Crippen MR) is 96.0 cm³/mol. The number of nitrogens with one attached hydrogen (secondary N) is 1. The summed E-state index contributed by atoms with van der Waals surface area (Å²) in [6, 6.07) is 9.60. The molecule has 3 rings (SSSR count). The molecule has 1 aromatic carbocycles. The van der Waals surface area contributed by atoms with E-state index in [0.717, 1.165) is 30.3 Å². The molecular formula is C19H29NOS. The summed E-state index contributed by atoms with van der Waals surface area (Å²) in [5.41, 5.74) is 3.27. The lowest BCUT2D eigenvalue weighted by atomic mass is 9.71. The van der Waals surface area contributed by atoms with Gasteiger partial charge >= 0.3 is 0 Å². The van der Waals surface area contributed by atoms with Crippen molar-refractivity contribution < 1.29 is 4.55 Å². The second-order valence-corrected chi connectivity index (χ2v) is 9.52. The van der Waals surface area contributed by atoms with Gasteiger partial charge in [-0.25, -0.2) is 0 Å². The first-order chi connectivity index (χ1) is 10.5. The number of hydrogen-bond acceptors (Lipinski definition) is 2. The summed E-state index contributed by atoms with van der Waals surface area (Å²) < 4.78 is 11.4. The van der Waals surface area contributed by atoms with Gasteiger partial charge in [0.05, 0.1) is 0 Å². The van der Waals surface area contributed by atoms with Gasteiger partial charge < -0.3 is 9.87 Å². The smallest absolute Gasteiger partial charge is 0.107 e. The Morgan fingerprint density at radius 2 is 1.59 bits per heavy atom. The maximum Gasteiger partial charge on any atom is 0.107 e. The highest BCUT2D eigenvalue weighted by Crippen LogP contribution is 2.42. The van der Waals surface area contributed by atoms with Crippen molar-refractivity contribution in [2.45, 2.75) is 64.3 Å². The van der Waals surface area contributed by atoms with Gasteiger partial charge in [0, 0.05) is 24.6 Å². The quantitative estimate of drug-likeness (QED) is 0.820. The molecular weight excluding hydrogens is 290 g/mol. The molecule has 0 aromatic heterocycles. The Morgan fingerprint density at radius 1 is 1.00 bits per heavy atom. The molecule has 2 fully saturated rings. The minimum Gasteiger partial charge on any atom is -0.616 e. The molecule has 1 saturated heterocycles. The van der Waals surface area contributed by atoms with Crippen molar-refractivity contribution >= 4 is 16.9 Å². The van der Waals surface area contributed by atoms with Crippen LogP contribution in [-0.2, 0) is 11.2 Å². The van der Waals surface area contributed by atoms with Gasteiger partial charge in [0.15, 0.2) is 0 Å². The maximum absolute atomic E-state index is 11.4. The van der Waals surface area contributed by atoms with Crippen LogP contribution in [0.2, 0.25) is 0 Å². The molecule has 0 radical (unpaired) electrons.